The van der Waals surface area contributed by atoms with Crippen LogP contribution in [-0.4, -0.2) is 17.1 Å². The molecule has 0 bridgehead atoms. The fourth-order valence-electron chi connectivity index (χ4n) is 1.54. The van der Waals surface area contributed by atoms with Crippen molar-refractivity contribution < 1.29 is 52.1 Å². The van der Waals surface area contributed by atoms with Crippen molar-refractivity contribution >= 4 is 17.7 Å². The molecule has 7 heteroatoms. The molecule has 0 aliphatic carbocycles. The average molecular weight is 360 g/mol. The number of amides is 2. The van der Waals surface area contributed by atoms with E-state index in [-0.39, 0.29) is 38.3 Å². The van der Waals surface area contributed by atoms with Gasteiger partial charge in [0.15, 0.2) is 6.03 Å². The van der Waals surface area contributed by atoms with Gasteiger partial charge in [0.05, 0.1) is 5.56 Å². The van der Waals surface area contributed by atoms with Crippen LogP contribution in [0, 0.1) is 0 Å². The molecule has 105 valence electrons. The minimum atomic E-state index is -0.993. The van der Waals surface area contributed by atoms with Crippen LogP contribution < -0.4 is 10.1 Å². The van der Waals surface area contributed by atoms with Gasteiger partial charge >= 0.3 is 5.97 Å². The number of carbonyl (C=O) groups excluding carboxylic acids is 1. The summed E-state index contributed by atoms with van der Waals surface area (Å²) in [5, 5.41) is 11.1. The maximum Gasteiger partial charge on any atom is 0.335 e. The van der Waals surface area contributed by atoms with Crippen LogP contribution in [0.3, 0.4) is 0 Å². The molecule has 0 aliphatic rings. The van der Waals surface area contributed by atoms with E-state index in [9.17, 15) is 9.59 Å². The van der Waals surface area contributed by atoms with Gasteiger partial charge in [0.25, 0.3) is 0 Å². The van der Waals surface area contributed by atoms with Gasteiger partial charge < -0.3 is 20.9 Å². The van der Waals surface area contributed by atoms with E-state index in [1.165, 1.54) is 12.1 Å². The van der Waals surface area contributed by atoms with Gasteiger partial charge in [-0.2, -0.15) is 0 Å². The van der Waals surface area contributed by atoms with E-state index in [1.54, 1.807) is 36.4 Å². The van der Waals surface area contributed by atoms with Crippen molar-refractivity contribution in [3.63, 3.8) is 0 Å². The van der Waals surface area contributed by atoms with Crippen LogP contribution in [0.1, 0.15) is 10.4 Å². The predicted molar refractivity (Wildman–Crippen MR) is 73.3 cm³/mol. The van der Waals surface area contributed by atoms with Crippen molar-refractivity contribution in [3.05, 3.63) is 59.8 Å². The van der Waals surface area contributed by atoms with Crippen LogP contribution in [0.5, 0.6) is 11.5 Å². The summed E-state index contributed by atoms with van der Waals surface area (Å²) in [6.45, 7) is 0. The van der Waals surface area contributed by atoms with Crippen molar-refractivity contribution in [2.75, 3.05) is 5.32 Å². The molecule has 1 radical (unpaired) electrons. The summed E-state index contributed by atoms with van der Waals surface area (Å²) >= 11 is 0. The second-order valence-electron chi connectivity index (χ2n) is 3.91. The fraction of sp³-hybridized carbons (Fsp3) is 0. The molecule has 0 aromatic heterocycles. The van der Waals surface area contributed by atoms with Gasteiger partial charge in [-0.3, -0.25) is 4.79 Å². The molecule has 0 heterocycles. The number of urea groups is 1. The van der Waals surface area contributed by atoms with E-state index in [0.717, 1.165) is 0 Å². The predicted octanol–water partition coefficient (Wildman–Crippen LogP) is 3.76. The van der Waals surface area contributed by atoms with Crippen LogP contribution in [-0.2, 0) is 32.7 Å². The van der Waals surface area contributed by atoms with Crippen molar-refractivity contribution in [2.45, 2.75) is 0 Å². The molecular weight excluding hydrogens is 349 g/mol. The average Bonchev–Trinajstić information content (AvgIpc) is 2.41. The molecule has 0 fully saturated rings. The topological polar surface area (TPSA) is 99.4 Å². The maximum atomic E-state index is 10.7. The number of ether oxygens (including phenoxy) is 1. The summed E-state index contributed by atoms with van der Waals surface area (Å²) in [7, 11) is 0. The molecule has 0 unspecified atom stereocenters. The second kappa shape index (κ2) is 7.76. The first-order valence-electron chi connectivity index (χ1n) is 5.68. The number of carboxylic acids is 1. The minimum absolute atomic E-state index is 0. The molecule has 0 saturated carbocycles. The Morgan fingerprint density at radius 2 is 1.43 bits per heavy atom. The molecule has 0 aliphatic heterocycles. The molecule has 21 heavy (non-hydrogen) atoms. The second-order valence-corrected chi connectivity index (χ2v) is 3.91. The smallest absolute Gasteiger partial charge is 0.335 e. The normalized spacial score (nSPS) is 9.33. The Morgan fingerprint density at radius 3 is 1.86 bits per heavy atom. The third-order valence-electron chi connectivity index (χ3n) is 2.45. The van der Waals surface area contributed by atoms with Crippen molar-refractivity contribution in [1.82, 2.24) is 0 Å². The number of anilines is 1. The Bertz CT molecular complexity index is 626. The summed E-state index contributed by atoms with van der Waals surface area (Å²) in [5.41, 5.74) is 7.46. The summed E-state index contributed by atoms with van der Waals surface area (Å²) < 4.78 is 5.52. The Hall–Kier alpha value is -1.92. The molecule has 2 aromatic rings. The molecular formula is C14H11N2O4Y-. The molecule has 3 N–H and O–H groups in total. The third kappa shape index (κ3) is 5.17. The Labute approximate surface area is 146 Å². The summed E-state index contributed by atoms with van der Waals surface area (Å²) in [4.78, 5) is 21.3. The third-order valence-corrected chi connectivity index (χ3v) is 2.45. The fourth-order valence-corrected chi connectivity index (χ4v) is 1.54. The van der Waals surface area contributed by atoms with Gasteiger partial charge in [-0.15, -0.1) is 0 Å². The van der Waals surface area contributed by atoms with Crippen LogP contribution >= 0.6 is 0 Å². The number of benzene rings is 2. The van der Waals surface area contributed by atoms with Gasteiger partial charge in [0.1, 0.15) is 11.5 Å². The molecule has 2 amide bonds. The first-order chi connectivity index (χ1) is 9.54. The van der Waals surface area contributed by atoms with E-state index >= 15 is 0 Å². The van der Waals surface area contributed by atoms with Crippen LogP contribution in [0.25, 0.3) is 5.73 Å². The van der Waals surface area contributed by atoms with E-state index in [1.807, 2.05) is 0 Å². The monoisotopic (exact) mass is 360 g/mol. The van der Waals surface area contributed by atoms with Crippen molar-refractivity contribution in [3.8, 4) is 11.5 Å². The number of aromatic carboxylic acids is 1. The molecule has 2 aromatic carbocycles. The summed E-state index contributed by atoms with van der Waals surface area (Å²) in [6.07, 6.45) is 0. The van der Waals surface area contributed by atoms with E-state index in [2.05, 4.69) is 5.32 Å². The summed E-state index contributed by atoms with van der Waals surface area (Å²) in [5.74, 6) is 0.0513. The molecule has 0 spiro atoms. The largest absolute Gasteiger partial charge is 0.478 e. The Morgan fingerprint density at radius 1 is 0.952 bits per heavy atom. The molecule has 0 saturated heterocycles. The maximum absolute atomic E-state index is 10.7. The van der Waals surface area contributed by atoms with Crippen molar-refractivity contribution in [2.24, 2.45) is 0 Å². The van der Waals surface area contributed by atoms with Gasteiger partial charge in [-0.1, -0.05) is 12.1 Å². The number of rotatable bonds is 4. The SMILES string of the molecule is [NH-]C(=O)Nc1ccc(Oc2ccc(C(=O)O)cc2)cc1.[Y]. The van der Waals surface area contributed by atoms with E-state index in [0.29, 0.717) is 17.2 Å². The van der Waals surface area contributed by atoms with Crippen molar-refractivity contribution in [1.29, 1.82) is 0 Å². The van der Waals surface area contributed by atoms with Gasteiger partial charge in [0.2, 0.25) is 0 Å². The number of hydrogen-bond donors (Lipinski definition) is 2. The zero-order valence-corrected chi connectivity index (χ0v) is 13.7. The van der Waals surface area contributed by atoms with Gasteiger partial charge in [0, 0.05) is 32.7 Å². The minimum Gasteiger partial charge on any atom is -0.478 e. The van der Waals surface area contributed by atoms with E-state index in [4.69, 9.17) is 15.6 Å². The number of carbonyl (C=O) groups is 2. The number of nitrogens with one attached hydrogen (secondary N) is 2. The zero-order chi connectivity index (χ0) is 14.5. The van der Waals surface area contributed by atoms with E-state index < -0.39 is 12.0 Å². The quantitative estimate of drug-likeness (QED) is 0.867. The molecule has 2 rings (SSSR count). The first-order valence-corrected chi connectivity index (χ1v) is 5.68. The van der Waals surface area contributed by atoms with Crippen LogP contribution in [0.2, 0.25) is 0 Å². The number of carboxylic acid groups (broad SMARTS) is 1. The summed E-state index contributed by atoms with van der Waals surface area (Å²) in [6, 6.07) is 11.6. The van der Waals surface area contributed by atoms with Crippen LogP contribution in [0.4, 0.5) is 10.5 Å². The standard InChI is InChI=1S/C14H12N2O4.Y/c15-14(19)16-10-3-7-12(8-4-10)20-11-5-1-9(2-6-11)13(17)18;/h1-8H,(H4,15,16,17,18,19);/p-1. The first kappa shape index (κ1) is 17.1. The van der Waals surface area contributed by atoms with Gasteiger partial charge in [-0.05, 0) is 42.1 Å². The number of hydrogen-bond acceptors (Lipinski definition) is 3. The van der Waals surface area contributed by atoms with Crippen LogP contribution in [0.15, 0.2) is 48.5 Å². The Kier molecular flexibility index (Phi) is 6.33. The molecule has 0 atom stereocenters. The van der Waals surface area contributed by atoms with Gasteiger partial charge in [-0.25, -0.2) is 4.79 Å². The zero-order valence-electron chi connectivity index (χ0n) is 10.9. The Balaban J connectivity index is 0.00000220. The molecule has 6 nitrogen and oxygen atoms in total.